The smallest absolute Gasteiger partial charge is 0.267 e. The molecule has 0 aliphatic carbocycles. The highest BCUT2D eigenvalue weighted by atomic mass is 32.1. The van der Waals surface area contributed by atoms with E-state index in [1.165, 1.54) is 22.3 Å². The summed E-state index contributed by atoms with van der Waals surface area (Å²) in [7, 11) is 0. The number of hydrogen-bond donors (Lipinski definition) is 0. The molecule has 24 heavy (non-hydrogen) atoms. The van der Waals surface area contributed by atoms with Crippen LogP contribution in [0.2, 0.25) is 0 Å². The zero-order valence-electron chi connectivity index (χ0n) is 12.3. The molecule has 1 fully saturated rings. The lowest BCUT2D eigenvalue weighted by Crippen LogP contribution is -2.24. The molecule has 1 unspecified atom stereocenters. The van der Waals surface area contributed by atoms with E-state index in [-0.39, 0.29) is 18.2 Å². The van der Waals surface area contributed by atoms with Gasteiger partial charge in [-0.25, -0.2) is 8.78 Å². The largest absolute Gasteiger partial charge is 0.333 e. The van der Waals surface area contributed by atoms with E-state index in [0.717, 1.165) is 17.0 Å². The zero-order chi connectivity index (χ0) is 16.7. The second kappa shape index (κ2) is 5.79. The predicted molar refractivity (Wildman–Crippen MR) is 83.7 cm³/mol. The number of hydrogen-bond acceptors (Lipinski definition) is 5. The van der Waals surface area contributed by atoms with Crippen molar-refractivity contribution in [2.45, 2.75) is 12.3 Å². The Balaban J connectivity index is 1.56. The molecule has 1 saturated heterocycles. The standard InChI is InChI=1S/C16H11F2N3O2S/c17-11-4-3-10(7-12(11)18)21-8-9(6-14(21)22)15-19-16(23-20-15)13-2-1-5-24-13/h1-5,7,9H,6,8H2. The lowest BCUT2D eigenvalue weighted by molar-refractivity contribution is -0.117. The molecule has 3 heterocycles. The number of nitrogens with zero attached hydrogens (tertiary/aromatic N) is 3. The summed E-state index contributed by atoms with van der Waals surface area (Å²) in [4.78, 5) is 18.8. The molecule has 0 saturated carbocycles. The lowest BCUT2D eigenvalue weighted by atomic mass is 10.1. The second-order valence-corrected chi connectivity index (χ2v) is 6.39. The van der Waals surface area contributed by atoms with Gasteiger partial charge in [0.25, 0.3) is 5.89 Å². The maximum absolute atomic E-state index is 13.4. The summed E-state index contributed by atoms with van der Waals surface area (Å²) in [5.41, 5.74) is 0.323. The molecular formula is C16H11F2N3O2S. The van der Waals surface area contributed by atoms with Gasteiger partial charge in [-0.3, -0.25) is 4.79 Å². The highest BCUT2D eigenvalue weighted by molar-refractivity contribution is 7.13. The Morgan fingerprint density at radius 2 is 2.12 bits per heavy atom. The van der Waals surface area contributed by atoms with E-state index < -0.39 is 11.6 Å². The first-order valence-electron chi connectivity index (χ1n) is 7.24. The molecule has 1 aliphatic rings. The van der Waals surface area contributed by atoms with E-state index in [0.29, 0.717) is 23.9 Å². The topological polar surface area (TPSA) is 59.2 Å². The summed E-state index contributed by atoms with van der Waals surface area (Å²) < 4.78 is 31.7. The average Bonchev–Trinajstić information content (AvgIpc) is 3.28. The maximum Gasteiger partial charge on any atom is 0.267 e. The Hall–Kier alpha value is -2.61. The van der Waals surface area contributed by atoms with E-state index >= 15 is 0 Å². The van der Waals surface area contributed by atoms with Crippen molar-refractivity contribution in [1.82, 2.24) is 10.1 Å². The van der Waals surface area contributed by atoms with Crippen LogP contribution in [0.15, 0.2) is 40.2 Å². The molecule has 1 aromatic carbocycles. The number of halogens is 2. The third-order valence-electron chi connectivity index (χ3n) is 3.88. The van der Waals surface area contributed by atoms with Crippen LogP contribution in [0.25, 0.3) is 10.8 Å². The number of thiophene rings is 1. The number of rotatable bonds is 3. The molecule has 1 atom stereocenters. The summed E-state index contributed by atoms with van der Waals surface area (Å²) in [5, 5.41) is 5.86. The van der Waals surface area contributed by atoms with E-state index in [2.05, 4.69) is 10.1 Å². The van der Waals surface area contributed by atoms with Gasteiger partial charge in [0.15, 0.2) is 17.5 Å². The average molecular weight is 347 g/mol. The number of carbonyl (C=O) groups is 1. The monoisotopic (exact) mass is 347 g/mol. The Bertz CT molecular complexity index is 895. The second-order valence-electron chi connectivity index (χ2n) is 5.44. The van der Waals surface area contributed by atoms with Gasteiger partial charge in [-0.05, 0) is 23.6 Å². The van der Waals surface area contributed by atoms with Crippen molar-refractivity contribution >= 4 is 22.9 Å². The highest BCUT2D eigenvalue weighted by Crippen LogP contribution is 2.32. The zero-order valence-corrected chi connectivity index (χ0v) is 13.1. The van der Waals surface area contributed by atoms with Gasteiger partial charge in [0.1, 0.15) is 0 Å². The van der Waals surface area contributed by atoms with Gasteiger partial charge >= 0.3 is 0 Å². The summed E-state index contributed by atoms with van der Waals surface area (Å²) >= 11 is 1.48. The van der Waals surface area contributed by atoms with Crippen LogP contribution >= 0.6 is 11.3 Å². The minimum atomic E-state index is -0.983. The predicted octanol–water partition coefficient (Wildman–Crippen LogP) is 3.60. The van der Waals surface area contributed by atoms with Gasteiger partial charge < -0.3 is 9.42 Å². The Morgan fingerprint density at radius 3 is 2.88 bits per heavy atom. The van der Waals surface area contributed by atoms with Crippen LogP contribution in [-0.2, 0) is 4.79 Å². The number of anilines is 1. The molecule has 122 valence electrons. The first-order chi connectivity index (χ1) is 11.6. The van der Waals surface area contributed by atoms with Crippen molar-refractivity contribution < 1.29 is 18.1 Å². The molecule has 8 heteroatoms. The minimum absolute atomic E-state index is 0.187. The highest BCUT2D eigenvalue weighted by Gasteiger charge is 2.35. The molecule has 0 radical (unpaired) electrons. The quantitative estimate of drug-likeness (QED) is 0.726. The number of benzene rings is 1. The third kappa shape index (κ3) is 2.58. The molecule has 1 aliphatic heterocycles. The van der Waals surface area contributed by atoms with Crippen LogP contribution in [0, 0.1) is 11.6 Å². The Morgan fingerprint density at radius 1 is 1.25 bits per heavy atom. The van der Waals surface area contributed by atoms with Gasteiger partial charge in [-0.1, -0.05) is 11.2 Å². The van der Waals surface area contributed by atoms with Crippen LogP contribution in [0.1, 0.15) is 18.2 Å². The normalized spacial score (nSPS) is 17.7. The Labute approximate surface area is 139 Å². The molecule has 5 nitrogen and oxygen atoms in total. The van der Waals surface area contributed by atoms with Gasteiger partial charge in [0.2, 0.25) is 5.91 Å². The summed E-state index contributed by atoms with van der Waals surface area (Å²) in [5.74, 6) is -1.50. The fourth-order valence-electron chi connectivity index (χ4n) is 2.68. The van der Waals surface area contributed by atoms with Crippen molar-refractivity contribution in [3.63, 3.8) is 0 Å². The summed E-state index contributed by atoms with van der Waals surface area (Å²) in [6.07, 6.45) is 0.197. The molecule has 3 aromatic rings. The van der Waals surface area contributed by atoms with E-state index in [1.807, 2.05) is 17.5 Å². The summed E-state index contributed by atoms with van der Waals surface area (Å²) in [6, 6.07) is 7.16. The van der Waals surface area contributed by atoms with Gasteiger partial charge in [-0.15, -0.1) is 11.3 Å². The van der Waals surface area contributed by atoms with Gasteiger partial charge in [0.05, 0.1) is 4.88 Å². The lowest BCUT2D eigenvalue weighted by Gasteiger charge is -2.16. The first kappa shape index (κ1) is 14.9. The molecule has 0 N–H and O–H groups in total. The van der Waals surface area contributed by atoms with Crippen molar-refractivity contribution in [1.29, 1.82) is 0 Å². The van der Waals surface area contributed by atoms with Crippen molar-refractivity contribution in [2.24, 2.45) is 0 Å². The van der Waals surface area contributed by atoms with Crippen LogP contribution in [0.4, 0.5) is 14.5 Å². The van der Waals surface area contributed by atoms with E-state index in [9.17, 15) is 13.6 Å². The van der Waals surface area contributed by atoms with Crippen LogP contribution < -0.4 is 4.90 Å². The number of carbonyl (C=O) groups excluding carboxylic acids is 1. The van der Waals surface area contributed by atoms with E-state index in [4.69, 9.17) is 4.52 Å². The molecule has 2 aromatic heterocycles. The number of aromatic nitrogens is 2. The van der Waals surface area contributed by atoms with Gasteiger partial charge in [-0.2, -0.15) is 4.98 Å². The van der Waals surface area contributed by atoms with Crippen LogP contribution in [0.5, 0.6) is 0 Å². The van der Waals surface area contributed by atoms with Crippen LogP contribution in [-0.4, -0.2) is 22.6 Å². The van der Waals surface area contributed by atoms with Crippen molar-refractivity contribution in [3.05, 3.63) is 53.2 Å². The minimum Gasteiger partial charge on any atom is -0.333 e. The molecule has 4 rings (SSSR count). The molecular weight excluding hydrogens is 336 g/mol. The van der Waals surface area contributed by atoms with Crippen LogP contribution in [0.3, 0.4) is 0 Å². The molecule has 1 amide bonds. The van der Waals surface area contributed by atoms with Crippen molar-refractivity contribution in [3.8, 4) is 10.8 Å². The molecule has 0 bridgehead atoms. The Kier molecular flexibility index (Phi) is 3.61. The van der Waals surface area contributed by atoms with Crippen molar-refractivity contribution in [2.75, 3.05) is 11.4 Å². The fraction of sp³-hybridized carbons (Fsp3) is 0.188. The first-order valence-corrected chi connectivity index (χ1v) is 8.12. The maximum atomic E-state index is 13.4. The van der Waals surface area contributed by atoms with Gasteiger partial charge in [0, 0.05) is 30.6 Å². The number of amides is 1. The fourth-order valence-corrected chi connectivity index (χ4v) is 3.33. The van der Waals surface area contributed by atoms with E-state index in [1.54, 1.807) is 0 Å². The SMILES string of the molecule is O=C1CC(c2noc(-c3cccs3)n2)CN1c1ccc(F)c(F)c1. The summed E-state index contributed by atoms with van der Waals surface area (Å²) in [6.45, 7) is 0.299. The molecule has 0 spiro atoms. The third-order valence-corrected chi connectivity index (χ3v) is 4.74.